The van der Waals surface area contributed by atoms with E-state index in [9.17, 15) is 4.39 Å². The molecule has 1 aliphatic carbocycles. The van der Waals surface area contributed by atoms with E-state index in [4.69, 9.17) is 11.6 Å². The molecule has 0 saturated heterocycles. The first-order chi connectivity index (χ1) is 5.27. The van der Waals surface area contributed by atoms with E-state index in [1.165, 1.54) is 6.07 Å². The van der Waals surface area contributed by atoms with E-state index in [-0.39, 0.29) is 10.8 Å². The molecule has 57 valence electrons. The van der Waals surface area contributed by atoms with Crippen molar-refractivity contribution < 1.29 is 4.39 Å². The van der Waals surface area contributed by atoms with Crippen molar-refractivity contribution in [3.63, 3.8) is 0 Å². The van der Waals surface area contributed by atoms with Crippen LogP contribution in [0.15, 0.2) is 18.2 Å². The van der Waals surface area contributed by atoms with Crippen molar-refractivity contribution in [3.8, 4) is 0 Å². The quantitative estimate of drug-likeness (QED) is 0.606. The summed E-state index contributed by atoms with van der Waals surface area (Å²) in [7, 11) is 0. The minimum absolute atomic E-state index is 0.225. The maximum Gasteiger partial charge on any atom is 0.141 e. The van der Waals surface area contributed by atoms with E-state index in [2.05, 4.69) is 6.42 Å². The molecule has 0 aromatic heterocycles. The molecule has 0 heterocycles. The third kappa shape index (κ3) is 1.38. The monoisotopic (exact) mass is 169 g/mol. The standard InChI is InChI=1S/C9H7ClF/c10-8-5-7(6-1-2-6)3-4-9(8)11/h1,3-6H,2H2. The van der Waals surface area contributed by atoms with Gasteiger partial charge in [0.15, 0.2) is 0 Å². The Labute approximate surface area is 70.0 Å². The Bertz CT molecular complexity index is 279. The van der Waals surface area contributed by atoms with Gasteiger partial charge >= 0.3 is 0 Å². The molecule has 1 radical (unpaired) electrons. The Morgan fingerprint density at radius 1 is 1.45 bits per heavy atom. The van der Waals surface area contributed by atoms with Crippen LogP contribution in [-0.4, -0.2) is 0 Å². The van der Waals surface area contributed by atoms with Crippen molar-refractivity contribution in [2.75, 3.05) is 0 Å². The van der Waals surface area contributed by atoms with Gasteiger partial charge in [0.2, 0.25) is 0 Å². The molecule has 11 heavy (non-hydrogen) atoms. The highest BCUT2D eigenvalue weighted by Crippen LogP contribution is 2.39. The van der Waals surface area contributed by atoms with Crippen LogP contribution in [0, 0.1) is 12.2 Å². The molecule has 1 aromatic carbocycles. The second kappa shape index (κ2) is 2.49. The number of halogens is 2. The average molecular weight is 170 g/mol. The molecule has 1 atom stereocenters. The SMILES string of the molecule is Fc1ccc(C2[CH]C2)cc1Cl. The number of benzene rings is 1. The largest absolute Gasteiger partial charge is 0.205 e. The lowest BCUT2D eigenvalue weighted by atomic mass is 10.1. The Morgan fingerprint density at radius 2 is 2.18 bits per heavy atom. The van der Waals surface area contributed by atoms with Crippen molar-refractivity contribution in [1.29, 1.82) is 0 Å². The van der Waals surface area contributed by atoms with Gasteiger partial charge in [-0.15, -0.1) is 0 Å². The first-order valence-electron chi connectivity index (χ1n) is 3.55. The highest BCUT2D eigenvalue weighted by molar-refractivity contribution is 6.30. The summed E-state index contributed by atoms with van der Waals surface area (Å²) in [4.78, 5) is 0. The Kier molecular flexibility index (Phi) is 1.61. The van der Waals surface area contributed by atoms with Gasteiger partial charge < -0.3 is 0 Å². The lowest BCUT2D eigenvalue weighted by Crippen LogP contribution is -1.81. The Hall–Kier alpha value is -0.560. The van der Waals surface area contributed by atoms with E-state index in [0.717, 1.165) is 12.0 Å². The first-order valence-corrected chi connectivity index (χ1v) is 3.93. The van der Waals surface area contributed by atoms with Crippen LogP contribution >= 0.6 is 11.6 Å². The lowest BCUT2D eigenvalue weighted by molar-refractivity contribution is 0.627. The molecule has 0 bridgehead atoms. The fourth-order valence-electron chi connectivity index (χ4n) is 1.08. The smallest absolute Gasteiger partial charge is 0.141 e. The number of rotatable bonds is 1. The summed E-state index contributed by atoms with van der Waals surface area (Å²) in [6.07, 6.45) is 3.27. The summed E-state index contributed by atoms with van der Waals surface area (Å²) >= 11 is 5.60. The van der Waals surface area contributed by atoms with Crippen LogP contribution in [0.1, 0.15) is 17.9 Å². The maximum absolute atomic E-state index is 12.6. The van der Waals surface area contributed by atoms with Crippen molar-refractivity contribution in [1.82, 2.24) is 0 Å². The summed E-state index contributed by atoms with van der Waals surface area (Å²) in [6, 6.07) is 4.91. The Morgan fingerprint density at radius 3 is 2.73 bits per heavy atom. The molecule has 0 spiro atoms. The van der Waals surface area contributed by atoms with Gasteiger partial charge in [-0.25, -0.2) is 4.39 Å². The summed E-state index contributed by atoms with van der Waals surface area (Å²) in [6.45, 7) is 0. The number of hydrogen-bond acceptors (Lipinski definition) is 0. The molecular weight excluding hydrogens is 163 g/mol. The second-order valence-corrected chi connectivity index (χ2v) is 3.16. The molecule has 0 nitrogen and oxygen atoms in total. The maximum atomic E-state index is 12.6. The summed E-state index contributed by atoms with van der Waals surface area (Å²) in [5.74, 6) is 0.184. The topological polar surface area (TPSA) is 0 Å². The van der Waals surface area contributed by atoms with E-state index in [0.29, 0.717) is 5.92 Å². The zero-order valence-electron chi connectivity index (χ0n) is 5.85. The predicted octanol–water partition coefficient (Wildman–Crippen LogP) is 3.17. The van der Waals surface area contributed by atoms with E-state index in [1.807, 2.05) is 0 Å². The molecule has 1 aliphatic rings. The average Bonchev–Trinajstić information content (AvgIpc) is 2.77. The molecule has 1 unspecified atom stereocenters. The van der Waals surface area contributed by atoms with E-state index >= 15 is 0 Å². The molecule has 1 fully saturated rings. The van der Waals surface area contributed by atoms with Crippen molar-refractivity contribution in [2.45, 2.75) is 12.3 Å². The van der Waals surface area contributed by atoms with Gasteiger partial charge in [0, 0.05) is 0 Å². The van der Waals surface area contributed by atoms with Crippen LogP contribution in [0.4, 0.5) is 4.39 Å². The van der Waals surface area contributed by atoms with Crippen LogP contribution in [-0.2, 0) is 0 Å². The molecule has 0 aliphatic heterocycles. The third-order valence-corrected chi connectivity index (χ3v) is 2.13. The van der Waals surface area contributed by atoms with E-state index < -0.39 is 0 Å². The van der Waals surface area contributed by atoms with Crippen LogP contribution in [0.25, 0.3) is 0 Å². The van der Waals surface area contributed by atoms with Gasteiger partial charge in [-0.05, 0) is 36.5 Å². The van der Waals surface area contributed by atoms with Gasteiger partial charge in [0.25, 0.3) is 0 Å². The fourth-order valence-corrected chi connectivity index (χ4v) is 1.27. The van der Waals surface area contributed by atoms with Crippen LogP contribution < -0.4 is 0 Å². The molecule has 0 N–H and O–H groups in total. The zero-order valence-corrected chi connectivity index (χ0v) is 6.61. The van der Waals surface area contributed by atoms with Gasteiger partial charge in [-0.1, -0.05) is 17.7 Å². The Balaban J connectivity index is 2.36. The molecular formula is C9H7ClF. The minimum atomic E-state index is -0.337. The van der Waals surface area contributed by atoms with Crippen molar-refractivity contribution >= 4 is 11.6 Å². The summed E-state index contributed by atoms with van der Waals surface area (Å²) < 4.78 is 12.6. The van der Waals surface area contributed by atoms with Gasteiger partial charge in [-0.2, -0.15) is 0 Å². The third-order valence-electron chi connectivity index (χ3n) is 1.84. The molecule has 1 saturated carbocycles. The lowest BCUT2D eigenvalue weighted by Gasteiger charge is -1.98. The minimum Gasteiger partial charge on any atom is -0.205 e. The normalized spacial score (nSPS) is 16.9. The van der Waals surface area contributed by atoms with E-state index in [1.54, 1.807) is 12.1 Å². The van der Waals surface area contributed by atoms with Crippen LogP contribution in [0.3, 0.4) is 0 Å². The molecule has 2 rings (SSSR count). The summed E-state index contributed by atoms with van der Waals surface area (Å²) in [5.41, 5.74) is 1.12. The van der Waals surface area contributed by atoms with Crippen molar-refractivity contribution in [2.24, 2.45) is 0 Å². The first kappa shape index (κ1) is 7.11. The van der Waals surface area contributed by atoms with Crippen molar-refractivity contribution in [3.05, 3.63) is 41.0 Å². The highest BCUT2D eigenvalue weighted by Gasteiger charge is 2.24. The van der Waals surface area contributed by atoms with Crippen LogP contribution in [0.5, 0.6) is 0 Å². The zero-order chi connectivity index (χ0) is 7.84. The number of hydrogen-bond donors (Lipinski definition) is 0. The molecule has 0 amide bonds. The van der Waals surface area contributed by atoms with Crippen LogP contribution in [0.2, 0.25) is 5.02 Å². The second-order valence-electron chi connectivity index (χ2n) is 2.75. The molecule has 2 heteroatoms. The predicted molar refractivity (Wildman–Crippen MR) is 43.1 cm³/mol. The fraction of sp³-hybridized carbons (Fsp3) is 0.222. The van der Waals surface area contributed by atoms with Gasteiger partial charge in [-0.3, -0.25) is 0 Å². The highest BCUT2D eigenvalue weighted by atomic mass is 35.5. The molecule has 1 aromatic rings. The summed E-state index contributed by atoms with van der Waals surface area (Å²) in [5, 5.41) is 0.225. The van der Waals surface area contributed by atoms with Gasteiger partial charge in [0.05, 0.1) is 5.02 Å². The van der Waals surface area contributed by atoms with Gasteiger partial charge in [0.1, 0.15) is 5.82 Å².